The zero-order valence-electron chi connectivity index (χ0n) is 9.79. The first kappa shape index (κ1) is 13.6. The predicted molar refractivity (Wildman–Crippen MR) is 70.1 cm³/mol. The van der Waals surface area contributed by atoms with Gasteiger partial charge in [-0.05, 0) is 30.9 Å². The van der Waals surface area contributed by atoms with Gasteiger partial charge < -0.3 is 10.1 Å². The zero-order valence-corrected chi connectivity index (χ0v) is 11.3. The molecule has 2 heterocycles. The van der Waals surface area contributed by atoms with E-state index in [0.717, 1.165) is 26.1 Å². The van der Waals surface area contributed by atoms with Crippen LogP contribution in [0.25, 0.3) is 0 Å². The Hall–Kier alpha value is -0.840. The Balaban J connectivity index is 1.90. The second kappa shape index (κ2) is 6.36. The van der Waals surface area contributed by atoms with Crippen molar-refractivity contribution in [1.29, 1.82) is 0 Å². The second-order valence-electron chi connectivity index (χ2n) is 4.24. The lowest BCUT2D eigenvalue weighted by molar-refractivity contribution is 0.0642. The van der Waals surface area contributed by atoms with E-state index in [1.807, 2.05) is 0 Å². The number of aromatic nitrogens is 1. The van der Waals surface area contributed by atoms with Crippen LogP contribution in [0.15, 0.2) is 12.1 Å². The molecular weight excluding hydrogens is 275 g/mol. The maximum atomic E-state index is 11.9. The Labute approximate surface area is 116 Å². The second-order valence-corrected chi connectivity index (χ2v) is 4.98. The highest BCUT2D eigenvalue weighted by Crippen LogP contribution is 2.17. The molecule has 0 radical (unpaired) electrons. The summed E-state index contributed by atoms with van der Waals surface area (Å²) in [7, 11) is 0. The molecule has 0 aromatic carbocycles. The summed E-state index contributed by atoms with van der Waals surface area (Å²) in [4.78, 5) is 15.7. The molecule has 1 aromatic heterocycles. The SMILES string of the molecule is O=C(NCC1CCOCC1)c1ccc(Cl)nc1Cl. The van der Waals surface area contributed by atoms with Gasteiger partial charge in [0, 0.05) is 19.8 Å². The van der Waals surface area contributed by atoms with E-state index >= 15 is 0 Å². The number of rotatable bonds is 3. The summed E-state index contributed by atoms with van der Waals surface area (Å²) >= 11 is 11.5. The minimum Gasteiger partial charge on any atom is -0.381 e. The number of hydrogen-bond acceptors (Lipinski definition) is 3. The smallest absolute Gasteiger partial charge is 0.254 e. The first-order valence-corrected chi connectivity index (χ1v) is 6.60. The molecule has 2 rings (SSSR count). The molecule has 0 saturated carbocycles. The van der Waals surface area contributed by atoms with Gasteiger partial charge in [-0.3, -0.25) is 4.79 Å². The molecular formula is C12H14Cl2N2O2. The van der Waals surface area contributed by atoms with Gasteiger partial charge in [0.25, 0.3) is 5.91 Å². The fourth-order valence-electron chi connectivity index (χ4n) is 1.86. The van der Waals surface area contributed by atoms with Crippen LogP contribution in [0.1, 0.15) is 23.2 Å². The average Bonchev–Trinajstić information content (AvgIpc) is 2.37. The number of amides is 1. The van der Waals surface area contributed by atoms with Gasteiger partial charge in [-0.25, -0.2) is 4.98 Å². The third-order valence-electron chi connectivity index (χ3n) is 2.95. The largest absolute Gasteiger partial charge is 0.381 e. The number of pyridine rings is 1. The summed E-state index contributed by atoms with van der Waals surface area (Å²) in [6, 6.07) is 3.13. The average molecular weight is 289 g/mol. The van der Waals surface area contributed by atoms with Crippen LogP contribution >= 0.6 is 23.2 Å². The fraction of sp³-hybridized carbons (Fsp3) is 0.500. The van der Waals surface area contributed by atoms with E-state index in [9.17, 15) is 4.79 Å². The molecule has 1 aliphatic rings. The van der Waals surface area contributed by atoms with E-state index < -0.39 is 0 Å². The van der Waals surface area contributed by atoms with Crippen LogP contribution in [-0.2, 0) is 4.74 Å². The van der Waals surface area contributed by atoms with Gasteiger partial charge in [0.15, 0.2) is 0 Å². The molecule has 1 N–H and O–H groups in total. The Kier molecular flexibility index (Phi) is 4.80. The Bertz CT molecular complexity index is 434. The van der Waals surface area contributed by atoms with Gasteiger partial charge >= 0.3 is 0 Å². The van der Waals surface area contributed by atoms with Crippen LogP contribution in [0.3, 0.4) is 0 Å². The molecule has 0 bridgehead atoms. The molecule has 0 atom stereocenters. The van der Waals surface area contributed by atoms with Crippen molar-refractivity contribution in [2.75, 3.05) is 19.8 Å². The van der Waals surface area contributed by atoms with Crippen molar-refractivity contribution in [1.82, 2.24) is 10.3 Å². The minimum absolute atomic E-state index is 0.131. The first-order valence-electron chi connectivity index (χ1n) is 5.85. The van der Waals surface area contributed by atoms with Crippen molar-refractivity contribution in [2.24, 2.45) is 5.92 Å². The van der Waals surface area contributed by atoms with Crippen LogP contribution in [0.2, 0.25) is 10.3 Å². The van der Waals surface area contributed by atoms with E-state index in [4.69, 9.17) is 27.9 Å². The quantitative estimate of drug-likeness (QED) is 0.870. The summed E-state index contributed by atoms with van der Waals surface area (Å²) in [6.45, 7) is 2.18. The molecule has 1 saturated heterocycles. The predicted octanol–water partition coefficient (Wildman–Crippen LogP) is 2.54. The monoisotopic (exact) mass is 288 g/mol. The molecule has 1 amide bonds. The van der Waals surface area contributed by atoms with E-state index in [1.165, 1.54) is 0 Å². The highest BCUT2D eigenvalue weighted by molar-refractivity contribution is 6.34. The number of hydrogen-bond donors (Lipinski definition) is 1. The van der Waals surface area contributed by atoms with E-state index in [2.05, 4.69) is 10.3 Å². The summed E-state index contributed by atoms with van der Waals surface area (Å²) in [5.41, 5.74) is 0.355. The van der Waals surface area contributed by atoms with Crippen LogP contribution in [-0.4, -0.2) is 30.6 Å². The molecule has 0 spiro atoms. The van der Waals surface area contributed by atoms with Gasteiger partial charge in [0.1, 0.15) is 10.3 Å². The summed E-state index contributed by atoms with van der Waals surface area (Å²) in [5.74, 6) is 0.261. The Morgan fingerprint density at radius 1 is 1.39 bits per heavy atom. The highest BCUT2D eigenvalue weighted by Gasteiger charge is 2.16. The third-order valence-corrected chi connectivity index (χ3v) is 3.45. The van der Waals surface area contributed by atoms with E-state index in [-0.39, 0.29) is 16.2 Å². The summed E-state index contributed by atoms with van der Waals surface area (Å²) in [5, 5.41) is 3.28. The fourth-order valence-corrected chi connectivity index (χ4v) is 2.29. The standard InChI is InChI=1S/C12H14Cl2N2O2/c13-10-2-1-9(11(14)16-10)12(17)15-7-8-3-5-18-6-4-8/h1-2,8H,3-7H2,(H,15,17). The van der Waals surface area contributed by atoms with Crippen molar-refractivity contribution in [2.45, 2.75) is 12.8 Å². The highest BCUT2D eigenvalue weighted by atomic mass is 35.5. The number of halogens is 2. The normalized spacial score (nSPS) is 16.6. The lowest BCUT2D eigenvalue weighted by Crippen LogP contribution is -2.32. The Morgan fingerprint density at radius 2 is 2.11 bits per heavy atom. The van der Waals surface area contributed by atoms with Crippen molar-refractivity contribution in [3.8, 4) is 0 Å². The molecule has 1 fully saturated rings. The lowest BCUT2D eigenvalue weighted by Gasteiger charge is -2.22. The van der Waals surface area contributed by atoms with Crippen LogP contribution in [0.5, 0.6) is 0 Å². The number of carbonyl (C=O) groups is 1. The maximum Gasteiger partial charge on any atom is 0.254 e. The molecule has 6 heteroatoms. The van der Waals surface area contributed by atoms with Crippen molar-refractivity contribution in [3.63, 3.8) is 0 Å². The lowest BCUT2D eigenvalue weighted by atomic mass is 10.0. The molecule has 98 valence electrons. The van der Waals surface area contributed by atoms with Gasteiger partial charge in [0.05, 0.1) is 5.56 Å². The Morgan fingerprint density at radius 3 is 2.78 bits per heavy atom. The van der Waals surface area contributed by atoms with E-state index in [1.54, 1.807) is 12.1 Å². The third kappa shape index (κ3) is 3.57. The van der Waals surface area contributed by atoms with Crippen LogP contribution in [0, 0.1) is 5.92 Å². The van der Waals surface area contributed by atoms with Crippen LogP contribution < -0.4 is 5.32 Å². The first-order chi connectivity index (χ1) is 8.66. The van der Waals surface area contributed by atoms with Gasteiger partial charge in [0.2, 0.25) is 0 Å². The maximum absolute atomic E-state index is 11.9. The van der Waals surface area contributed by atoms with Crippen molar-refractivity contribution < 1.29 is 9.53 Å². The summed E-state index contributed by atoms with van der Waals surface area (Å²) < 4.78 is 5.26. The van der Waals surface area contributed by atoms with Crippen molar-refractivity contribution in [3.05, 3.63) is 28.0 Å². The van der Waals surface area contributed by atoms with Crippen LogP contribution in [0.4, 0.5) is 0 Å². The van der Waals surface area contributed by atoms with Crippen molar-refractivity contribution >= 4 is 29.1 Å². The minimum atomic E-state index is -0.212. The molecule has 4 nitrogen and oxygen atoms in total. The molecule has 1 aliphatic heterocycles. The molecule has 18 heavy (non-hydrogen) atoms. The van der Waals surface area contributed by atoms with E-state index in [0.29, 0.717) is 18.0 Å². The van der Waals surface area contributed by atoms with Gasteiger partial charge in [-0.2, -0.15) is 0 Å². The summed E-state index contributed by atoms with van der Waals surface area (Å²) in [6.07, 6.45) is 1.96. The topological polar surface area (TPSA) is 51.2 Å². The molecule has 0 unspecified atom stereocenters. The number of carbonyl (C=O) groups excluding carboxylic acids is 1. The number of ether oxygens (including phenoxy) is 1. The molecule has 0 aliphatic carbocycles. The number of nitrogens with zero attached hydrogens (tertiary/aromatic N) is 1. The van der Waals surface area contributed by atoms with Gasteiger partial charge in [-0.1, -0.05) is 23.2 Å². The molecule has 1 aromatic rings. The van der Waals surface area contributed by atoms with Gasteiger partial charge in [-0.15, -0.1) is 0 Å². The zero-order chi connectivity index (χ0) is 13.0. The number of nitrogens with one attached hydrogen (secondary N) is 1.